The molecule has 1 amide bonds. The Morgan fingerprint density at radius 3 is 2.21 bits per heavy atom. The minimum atomic E-state index is -4.28. The first kappa shape index (κ1) is 19.9. The molecule has 136 valence electrons. The molecule has 1 aromatic rings. The summed E-state index contributed by atoms with van der Waals surface area (Å²) in [6.07, 6.45) is -4.91. The maximum atomic E-state index is 12.2. The fraction of sp³-hybridized carbons (Fsp3) is 0.562. The molecule has 24 heavy (non-hydrogen) atoms. The van der Waals surface area contributed by atoms with Gasteiger partial charge >= 0.3 is 6.18 Å². The molecule has 0 N–H and O–H groups in total. The minimum Gasteiger partial charge on any atom is -0.493 e. The van der Waals surface area contributed by atoms with Crippen molar-refractivity contribution in [3.05, 3.63) is 17.7 Å². The van der Waals surface area contributed by atoms with E-state index in [2.05, 4.69) is 0 Å². The SMILES string of the molecule is COc1ccc(CCC(=O)N(C)CCC(F)(F)F)c(OC)c1OC. The number of aryl methyl sites for hydroxylation is 1. The van der Waals surface area contributed by atoms with E-state index in [0.717, 1.165) is 4.90 Å². The molecule has 0 unspecified atom stereocenters. The second kappa shape index (κ2) is 8.65. The molecule has 0 heterocycles. The van der Waals surface area contributed by atoms with Crippen LogP contribution in [0.4, 0.5) is 13.2 Å². The van der Waals surface area contributed by atoms with Gasteiger partial charge in [-0.3, -0.25) is 4.79 Å². The Morgan fingerprint density at radius 1 is 1.08 bits per heavy atom. The van der Waals surface area contributed by atoms with Crippen molar-refractivity contribution >= 4 is 5.91 Å². The molecule has 0 atom stereocenters. The Kier molecular flexibility index (Phi) is 7.18. The Morgan fingerprint density at radius 2 is 1.71 bits per heavy atom. The molecule has 0 saturated heterocycles. The number of halogens is 3. The third-order valence-corrected chi connectivity index (χ3v) is 3.55. The van der Waals surface area contributed by atoms with Gasteiger partial charge in [-0.15, -0.1) is 0 Å². The summed E-state index contributed by atoms with van der Waals surface area (Å²) in [5.74, 6) is 0.987. The van der Waals surface area contributed by atoms with E-state index >= 15 is 0 Å². The maximum absolute atomic E-state index is 12.2. The number of nitrogens with zero attached hydrogens (tertiary/aromatic N) is 1. The van der Waals surface area contributed by atoms with Gasteiger partial charge in [-0.2, -0.15) is 13.2 Å². The maximum Gasteiger partial charge on any atom is 0.390 e. The van der Waals surface area contributed by atoms with Crippen LogP contribution in [0.1, 0.15) is 18.4 Å². The molecule has 0 aliphatic rings. The summed E-state index contributed by atoms with van der Waals surface area (Å²) in [5, 5.41) is 0. The highest BCUT2D eigenvalue weighted by atomic mass is 19.4. The lowest BCUT2D eigenvalue weighted by atomic mass is 10.1. The Balaban J connectivity index is 2.75. The molecule has 0 aliphatic heterocycles. The van der Waals surface area contributed by atoms with Gasteiger partial charge in [0, 0.05) is 20.0 Å². The van der Waals surface area contributed by atoms with Crippen LogP contribution in [0, 0.1) is 0 Å². The lowest BCUT2D eigenvalue weighted by Crippen LogP contribution is -2.30. The third-order valence-electron chi connectivity index (χ3n) is 3.55. The van der Waals surface area contributed by atoms with Gasteiger partial charge in [0.2, 0.25) is 11.7 Å². The average molecular weight is 349 g/mol. The zero-order valence-electron chi connectivity index (χ0n) is 14.2. The summed E-state index contributed by atoms with van der Waals surface area (Å²) in [5.41, 5.74) is 0.715. The highest BCUT2D eigenvalue weighted by molar-refractivity contribution is 5.76. The lowest BCUT2D eigenvalue weighted by Gasteiger charge is -2.19. The summed E-state index contributed by atoms with van der Waals surface area (Å²) in [4.78, 5) is 13.1. The molecule has 0 radical (unpaired) electrons. The molecule has 0 spiro atoms. The number of methoxy groups -OCH3 is 3. The lowest BCUT2D eigenvalue weighted by molar-refractivity contribution is -0.144. The molecular weight excluding hydrogens is 327 g/mol. The smallest absolute Gasteiger partial charge is 0.390 e. The van der Waals surface area contributed by atoms with Gasteiger partial charge in [0.15, 0.2) is 11.5 Å². The fourth-order valence-corrected chi connectivity index (χ4v) is 2.21. The summed E-state index contributed by atoms with van der Waals surface area (Å²) >= 11 is 0. The number of amides is 1. The summed E-state index contributed by atoms with van der Waals surface area (Å²) in [6.45, 7) is -0.356. The number of benzene rings is 1. The normalized spacial score (nSPS) is 11.1. The number of alkyl halides is 3. The van der Waals surface area contributed by atoms with E-state index in [1.165, 1.54) is 28.4 Å². The van der Waals surface area contributed by atoms with Crippen molar-refractivity contribution in [1.82, 2.24) is 4.90 Å². The van der Waals surface area contributed by atoms with Gasteiger partial charge < -0.3 is 19.1 Å². The molecule has 0 aromatic heterocycles. The standard InChI is InChI=1S/C16H22F3NO4/c1-20(10-9-16(17,18)19)13(21)8-6-11-5-7-12(22-2)15(24-4)14(11)23-3/h5,7H,6,8-10H2,1-4H3. The molecule has 8 heteroatoms. The van der Waals surface area contributed by atoms with E-state index in [1.54, 1.807) is 12.1 Å². The van der Waals surface area contributed by atoms with Crippen molar-refractivity contribution in [2.75, 3.05) is 34.9 Å². The van der Waals surface area contributed by atoms with E-state index in [0.29, 0.717) is 29.2 Å². The van der Waals surface area contributed by atoms with Crippen LogP contribution in [0.25, 0.3) is 0 Å². The largest absolute Gasteiger partial charge is 0.493 e. The Labute approximate surface area is 139 Å². The summed E-state index contributed by atoms with van der Waals surface area (Å²) < 4.78 is 52.4. The topological polar surface area (TPSA) is 48.0 Å². The number of hydrogen-bond acceptors (Lipinski definition) is 4. The second-order valence-electron chi connectivity index (χ2n) is 5.17. The van der Waals surface area contributed by atoms with Crippen molar-refractivity contribution in [2.24, 2.45) is 0 Å². The highest BCUT2D eigenvalue weighted by Crippen LogP contribution is 2.40. The van der Waals surface area contributed by atoms with Gasteiger partial charge in [0.05, 0.1) is 27.8 Å². The van der Waals surface area contributed by atoms with Crippen LogP contribution in [0.2, 0.25) is 0 Å². The molecule has 0 fully saturated rings. The van der Waals surface area contributed by atoms with Crippen molar-refractivity contribution in [3.63, 3.8) is 0 Å². The van der Waals surface area contributed by atoms with Crippen LogP contribution in [0.3, 0.4) is 0 Å². The molecule has 1 aromatic carbocycles. The van der Waals surface area contributed by atoms with E-state index in [4.69, 9.17) is 14.2 Å². The average Bonchev–Trinajstić information content (AvgIpc) is 2.55. The second-order valence-corrected chi connectivity index (χ2v) is 5.17. The zero-order chi connectivity index (χ0) is 18.3. The van der Waals surface area contributed by atoms with Crippen molar-refractivity contribution in [3.8, 4) is 17.2 Å². The van der Waals surface area contributed by atoms with Crippen LogP contribution < -0.4 is 14.2 Å². The number of carbonyl (C=O) groups is 1. The predicted octanol–water partition coefficient (Wildman–Crippen LogP) is 3.06. The number of ether oxygens (including phenoxy) is 3. The predicted molar refractivity (Wildman–Crippen MR) is 82.7 cm³/mol. The van der Waals surface area contributed by atoms with Gasteiger partial charge in [-0.05, 0) is 18.1 Å². The van der Waals surface area contributed by atoms with Gasteiger partial charge in [-0.25, -0.2) is 0 Å². The third kappa shape index (κ3) is 5.50. The van der Waals surface area contributed by atoms with Gasteiger partial charge in [0.25, 0.3) is 0 Å². The summed E-state index contributed by atoms with van der Waals surface area (Å²) in [6, 6.07) is 3.43. The molecule has 5 nitrogen and oxygen atoms in total. The molecular formula is C16H22F3NO4. The van der Waals surface area contributed by atoms with E-state index in [-0.39, 0.29) is 18.9 Å². The first-order chi connectivity index (χ1) is 11.2. The number of rotatable bonds is 8. The van der Waals surface area contributed by atoms with Crippen LogP contribution in [-0.2, 0) is 11.2 Å². The molecule has 0 aliphatic carbocycles. The van der Waals surface area contributed by atoms with Crippen LogP contribution in [0.15, 0.2) is 12.1 Å². The van der Waals surface area contributed by atoms with Gasteiger partial charge in [0.1, 0.15) is 0 Å². The highest BCUT2D eigenvalue weighted by Gasteiger charge is 2.28. The van der Waals surface area contributed by atoms with Gasteiger partial charge in [-0.1, -0.05) is 6.07 Å². The van der Waals surface area contributed by atoms with E-state index in [1.807, 2.05) is 0 Å². The fourth-order valence-electron chi connectivity index (χ4n) is 2.21. The first-order valence-electron chi connectivity index (χ1n) is 7.32. The van der Waals surface area contributed by atoms with Crippen LogP contribution >= 0.6 is 0 Å². The Bertz CT molecular complexity index is 561. The first-order valence-corrected chi connectivity index (χ1v) is 7.32. The molecule has 1 rings (SSSR count). The monoisotopic (exact) mass is 349 g/mol. The molecule has 0 bridgehead atoms. The van der Waals surface area contributed by atoms with Crippen LogP contribution in [0.5, 0.6) is 17.2 Å². The van der Waals surface area contributed by atoms with Crippen molar-refractivity contribution in [2.45, 2.75) is 25.4 Å². The zero-order valence-corrected chi connectivity index (χ0v) is 14.2. The van der Waals surface area contributed by atoms with E-state index in [9.17, 15) is 18.0 Å². The van der Waals surface area contributed by atoms with Crippen molar-refractivity contribution in [1.29, 1.82) is 0 Å². The minimum absolute atomic E-state index is 0.0696. The Hall–Kier alpha value is -2.12. The quantitative estimate of drug-likeness (QED) is 0.724. The van der Waals surface area contributed by atoms with E-state index < -0.39 is 12.6 Å². The van der Waals surface area contributed by atoms with Crippen LogP contribution in [-0.4, -0.2) is 51.9 Å². The number of carbonyl (C=O) groups excluding carboxylic acids is 1. The number of hydrogen-bond donors (Lipinski definition) is 0. The molecule has 0 saturated carbocycles. The van der Waals surface area contributed by atoms with Crippen molar-refractivity contribution < 1.29 is 32.2 Å². The summed E-state index contributed by atoms with van der Waals surface area (Å²) in [7, 11) is 5.80.